The molecule has 0 fully saturated rings. The van der Waals surface area contributed by atoms with E-state index in [0.29, 0.717) is 4.90 Å². The number of fused-ring (bicyclic) bond motifs is 1. The highest BCUT2D eigenvalue weighted by molar-refractivity contribution is 7.90. The third kappa shape index (κ3) is 1.85. The summed E-state index contributed by atoms with van der Waals surface area (Å²) in [4.78, 5) is 0.358. The number of hydrogen-bond acceptors (Lipinski definition) is 2. The minimum absolute atomic E-state index is 0.358. The average Bonchev–Trinajstić information content (AvgIpc) is 2.16. The van der Waals surface area contributed by atoms with Crippen LogP contribution in [-0.2, 0) is 16.9 Å². The van der Waals surface area contributed by atoms with Crippen molar-refractivity contribution in [3.63, 3.8) is 0 Å². The molecule has 78 valence electrons. The second-order valence-electron chi connectivity index (χ2n) is 3.61. The third-order valence-corrected chi connectivity index (χ3v) is 3.51. The van der Waals surface area contributed by atoms with Crippen LogP contribution in [0.25, 0.3) is 10.9 Å². The van der Waals surface area contributed by atoms with E-state index in [2.05, 4.69) is 0 Å². The van der Waals surface area contributed by atoms with Crippen LogP contribution >= 0.6 is 0 Å². The molecule has 0 radical (unpaired) electrons. The second kappa shape index (κ2) is 3.31. The molecule has 0 atom stereocenters. The van der Waals surface area contributed by atoms with Gasteiger partial charge in [-0.05, 0) is 18.2 Å². The van der Waals surface area contributed by atoms with Crippen molar-refractivity contribution in [2.45, 2.75) is 4.90 Å². The molecule has 2 aromatic rings. The van der Waals surface area contributed by atoms with Crippen LogP contribution in [0.4, 0.5) is 0 Å². The lowest BCUT2D eigenvalue weighted by Gasteiger charge is -1.99. The molecule has 0 aliphatic heterocycles. The zero-order chi connectivity index (χ0) is 11.1. The normalized spacial score (nSPS) is 11.9. The fourth-order valence-corrected chi connectivity index (χ4v) is 2.20. The molecule has 0 bridgehead atoms. The van der Waals surface area contributed by atoms with Gasteiger partial charge in [0.2, 0.25) is 5.52 Å². The summed E-state index contributed by atoms with van der Waals surface area (Å²) in [5.41, 5.74) is 0.917. The Morgan fingerprint density at radius 3 is 2.60 bits per heavy atom. The van der Waals surface area contributed by atoms with Crippen molar-refractivity contribution in [2.24, 2.45) is 7.05 Å². The van der Waals surface area contributed by atoms with Gasteiger partial charge >= 0.3 is 0 Å². The van der Waals surface area contributed by atoms with Crippen molar-refractivity contribution < 1.29 is 13.0 Å². The Morgan fingerprint density at radius 1 is 1.20 bits per heavy atom. The van der Waals surface area contributed by atoms with Gasteiger partial charge in [-0.2, -0.15) is 0 Å². The van der Waals surface area contributed by atoms with Gasteiger partial charge in [-0.15, -0.1) is 0 Å². The number of benzene rings is 1. The monoisotopic (exact) mass is 222 g/mol. The number of aryl methyl sites for hydroxylation is 1. The molecule has 1 aromatic heterocycles. The summed E-state index contributed by atoms with van der Waals surface area (Å²) in [5, 5.41) is 1.03. The highest BCUT2D eigenvalue weighted by atomic mass is 32.2. The Morgan fingerprint density at radius 2 is 1.93 bits per heavy atom. The number of aromatic nitrogens is 1. The van der Waals surface area contributed by atoms with E-state index in [1.807, 2.05) is 36.0 Å². The van der Waals surface area contributed by atoms with E-state index in [1.165, 1.54) is 6.26 Å². The molecule has 0 N–H and O–H groups in total. The van der Waals surface area contributed by atoms with Crippen LogP contribution in [0.5, 0.6) is 0 Å². The number of pyridine rings is 1. The molecule has 0 spiro atoms. The first-order valence-electron chi connectivity index (χ1n) is 4.57. The van der Waals surface area contributed by atoms with Crippen LogP contribution in [0.15, 0.2) is 41.4 Å². The van der Waals surface area contributed by atoms with E-state index in [4.69, 9.17) is 0 Å². The summed E-state index contributed by atoms with van der Waals surface area (Å²) in [6.07, 6.45) is 3.12. The van der Waals surface area contributed by atoms with E-state index < -0.39 is 9.84 Å². The van der Waals surface area contributed by atoms with Gasteiger partial charge in [-0.1, -0.05) is 0 Å². The Hall–Kier alpha value is -1.42. The molecular formula is C11H12NO2S+. The molecule has 3 nitrogen and oxygen atoms in total. The van der Waals surface area contributed by atoms with Gasteiger partial charge in [0, 0.05) is 23.8 Å². The quantitative estimate of drug-likeness (QED) is 0.677. The van der Waals surface area contributed by atoms with Gasteiger partial charge in [0.25, 0.3) is 0 Å². The van der Waals surface area contributed by atoms with Gasteiger partial charge in [-0.25, -0.2) is 13.0 Å². The lowest BCUT2D eigenvalue weighted by atomic mass is 10.2. The summed E-state index contributed by atoms with van der Waals surface area (Å²) in [5.74, 6) is 0. The maximum Gasteiger partial charge on any atom is 0.213 e. The summed E-state index contributed by atoms with van der Waals surface area (Å²) >= 11 is 0. The Bertz CT molecular complexity index is 618. The summed E-state index contributed by atoms with van der Waals surface area (Å²) < 4.78 is 24.7. The van der Waals surface area contributed by atoms with Crippen molar-refractivity contribution in [3.8, 4) is 0 Å². The maximum absolute atomic E-state index is 11.4. The van der Waals surface area contributed by atoms with E-state index in [0.717, 1.165) is 10.9 Å². The molecular weight excluding hydrogens is 210 g/mol. The predicted molar refractivity (Wildman–Crippen MR) is 58.2 cm³/mol. The number of nitrogens with zero attached hydrogens (tertiary/aromatic N) is 1. The number of sulfone groups is 1. The lowest BCUT2D eigenvalue weighted by Crippen LogP contribution is -2.27. The van der Waals surface area contributed by atoms with Crippen molar-refractivity contribution in [1.82, 2.24) is 0 Å². The first-order chi connectivity index (χ1) is 6.98. The fraction of sp³-hybridized carbons (Fsp3) is 0.182. The fourth-order valence-electron chi connectivity index (χ4n) is 1.56. The van der Waals surface area contributed by atoms with Gasteiger partial charge in [0.1, 0.15) is 7.05 Å². The molecule has 0 aliphatic rings. The van der Waals surface area contributed by atoms with Crippen molar-refractivity contribution in [1.29, 1.82) is 0 Å². The Kier molecular flexibility index (Phi) is 2.23. The predicted octanol–water partition coefficient (Wildman–Crippen LogP) is 1.07. The second-order valence-corrected chi connectivity index (χ2v) is 5.63. The number of rotatable bonds is 1. The van der Waals surface area contributed by atoms with Crippen molar-refractivity contribution in [2.75, 3.05) is 6.26 Å². The lowest BCUT2D eigenvalue weighted by molar-refractivity contribution is -0.645. The topological polar surface area (TPSA) is 38.0 Å². The Labute approximate surface area is 88.9 Å². The summed E-state index contributed by atoms with van der Waals surface area (Å²) in [7, 11) is -1.23. The maximum atomic E-state index is 11.4. The smallest absolute Gasteiger partial charge is 0.213 e. The van der Waals surface area contributed by atoms with Gasteiger partial charge < -0.3 is 0 Å². The number of hydrogen-bond donors (Lipinski definition) is 0. The van der Waals surface area contributed by atoms with Crippen molar-refractivity contribution >= 4 is 20.7 Å². The highest BCUT2D eigenvalue weighted by Crippen LogP contribution is 2.15. The van der Waals surface area contributed by atoms with Crippen LogP contribution in [0, 0.1) is 0 Å². The van der Waals surface area contributed by atoms with Crippen LogP contribution in [0.1, 0.15) is 0 Å². The molecule has 0 amide bonds. The Balaban J connectivity index is 2.81. The van der Waals surface area contributed by atoms with E-state index in [1.54, 1.807) is 12.1 Å². The van der Waals surface area contributed by atoms with Crippen LogP contribution < -0.4 is 4.57 Å². The van der Waals surface area contributed by atoms with Gasteiger partial charge in [0.15, 0.2) is 16.0 Å². The van der Waals surface area contributed by atoms with Gasteiger partial charge in [-0.3, -0.25) is 0 Å². The highest BCUT2D eigenvalue weighted by Gasteiger charge is 2.11. The first kappa shape index (κ1) is 10.1. The van der Waals surface area contributed by atoms with Crippen molar-refractivity contribution in [3.05, 3.63) is 36.5 Å². The molecule has 0 saturated carbocycles. The molecule has 0 saturated heterocycles. The van der Waals surface area contributed by atoms with Crippen LogP contribution in [0.2, 0.25) is 0 Å². The zero-order valence-corrected chi connectivity index (χ0v) is 9.45. The molecule has 1 heterocycles. The van der Waals surface area contributed by atoms with Crippen LogP contribution in [-0.4, -0.2) is 14.7 Å². The molecule has 2 rings (SSSR count). The van der Waals surface area contributed by atoms with E-state index in [-0.39, 0.29) is 0 Å². The van der Waals surface area contributed by atoms with Crippen LogP contribution in [0.3, 0.4) is 0 Å². The molecule has 1 aromatic carbocycles. The largest absolute Gasteiger partial charge is 0.224 e. The molecule has 0 unspecified atom stereocenters. The SMILES string of the molecule is C[n+]1cccc2ccc(S(C)(=O)=O)cc21. The first-order valence-corrected chi connectivity index (χ1v) is 6.46. The summed E-state index contributed by atoms with van der Waals surface area (Å²) in [6.45, 7) is 0. The standard InChI is InChI=1S/C11H12NO2S/c1-12-7-3-4-9-5-6-10(8-11(9)12)15(2,13)14/h3-8H,1-2H3/q+1. The summed E-state index contributed by atoms with van der Waals surface area (Å²) in [6, 6.07) is 9.05. The van der Waals surface area contributed by atoms with Gasteiger partial charge in [0.05, 0.1) is 4.90 Å². The van der Waals surface area contributed by atoms with E-state index in [9.17, 15) is 8.42 Å². The zero-order valence-electron chi connectivity index (χ0n) is 8.64. The minimum Gasteiger partial charge on any atom is -0.224 e. The average molecular weight is 222 g/mol. The molecule has 0 aliphatic carbocycles. The van der Waals surface area contributed by atoms with E-state index >= 15 is 0 Å². The molecule has 4 heteroatoms. The minimum atomic E-state index is -3.12. The third-order valence-electron chi connectivity index (χ3n) is 2.40. The molecule has 15 heavy (non-hydrogen) atoms.